The second-order valence-electron chi connectivity index (χ2n) is 6.08. The summed E-state index contributed by atoms with van der Waals surface area (Å²) in [6.45, 7) is 3.64. The van der Waals surface area contributed by atoms with Crippen LogP contribution in [0.25, 0.3) is 0 Å². The van der Waals surface area contributed by atoms with E-state index in [9.17, 15) is 4.79 Å². The van der Waals surface area contributed by atoms with Crippen molar-refractivity contribution in [3.05, 3.63) is 41.7 Å². The van der Waals surface area contributed by atoms with Crippen molar-refractivity contribution in [1.29, 1.82) is 0 Å². The summed E-state index contributed by atoms with van der Waals surface area (Å²) >= 11 is 0. The van der Waals surface area contributed by atoms with Gasteiger partial charge in [0.25, 0.3) is 5.91 Å². The third-order valence-electron chi connectivity index (χ3n) is 4.42. The number of carbonyl (C=O) groups is 1. The van der Waals surface area contributed by atoms with Gasteiger partial charge in [-0.3, -0.25) is 9.48 Å². The van der Waals surface area contributed by atoms with Gasteiger partial charge in [-0.1, -0.05) is 6.07 Å². The van der Waals surface area contributed by atoms with Crippen LogP contribution in [0.3, 0.4) is 0 Å². The van der Waals surface area contributed by atoms with E-state index in [0.29, 0.717) is 23.6 Å². The average molecular weight is 313 g/mol. The first-order chi connectivity index (χ1) is 11.2. The number of fused-ring (bicyclic) bond motifs is 1. The molecule has 120 valence electrons. The maximum Gasteiger partial charge on any atom is 0.257 e. The summed E-state index contributed by atoms with van der Waals surface area (Å²) in [5.41, 5.74) is 1.72. The van der Waals surface area contributed by atoms with E-state index in [0.717, 1.165) is 24.9 Å². The lowest BCUT2D eigenvalue weighted by Crippen LogP contribution is -2.40. The van der Waals surface area contributed by atoms with Crippen molar-refractivity contribution in [2.75, 3.05) is 19.9 Å². The number of piperidine rings is 1. The normalized spacial score (nSPS) is 19.9. The van der Waals surface area contributed by atoms with Crippen LogP contribution in [0, 0.1) is 6.92 Å². The van der Waals surface area contributed by atoms with Crippen LogP contribution in [-0.4, -0.2) is 40.5 Å². The Bertz CT molecular complexity index is 740. The van der Waals surface area contributed by atoms with Crippen LogP contribution in [0.4, 0.5) is 0 Å². The first kappa shape index (κ1) is 14.1. The molecule has 0 spiro atoms. The Labute approximate surface area is 134 Å². The zero-order valence-corrected chi connectivity index (χ0v) is 13.1. The standard InChI is InChI=1S/C17H19N3O3/c1-12-8-18-20(9-12)13-4-3-7-19(10-13)17(21)14-5-2-6-15-16(14)23-11-22-15/h2,5-6,8-9,13H,3-4,7,10-11H2,1H3/t13-/m1/s1. The smallest absolute Gasteiger partial charge is 0.257 e. The second-order valence-corrected chi connectivity index (χ2v) is 6.08. The van der Waals surface area contributed by atoms with Crippen LogP contribution in [0.5, 0.6) is 11.5 Å². The number of rotatable bonds is 2. The molecule has 0 saturated carbocycles. The van der Waals surface area contributed by atoms with Crippen molar-refractivity contribution in [2.45, 2.75) is 25.8 Å². The highest BCUT2D eigenvalue weighted by Crippen LogP contribution is 2.36. The van der Waals surface area contributed by atoms with Crippen LogP contribution in [0.1, 0.15) is 34.8 Å². The predicted octanol–water partition coefficient (Wildman–Crippen LogP) is 2.40. The first-order valence-electron chi connectivity index (χ1n) is 7.91. The highest BCUT2D eigenvalue weighted by Gasteiger charge is 2.29. The van der Waals surface area contributed by atoms with E-state index in [1.165, 1.54) is 0 Å². The van der Waals surface area contributed by atoms with Crippen molar-refractivity contribution in [3.63, 3.8) is 0 Å². The molecule has 1 aromatic heterocycles. The van der Waals surface area contributed by atoms with Crippen molar-refractivity contribution < 1.29 is 14.3 Å². The minimum Gasteiger partial charge on any atom is -0.454 e. The fourth-order valence-electron chi connectivity index (χ4n) is 3.26. The number of likely N-dealkylation sites (tertiary alicyclic amines) is 1. The molecule has 2 aromatic rings. The lowest BCUT2D eigenvalue weighted by atomic mass is 10.0. The van der Waals surface area contributed by atoms with Gasteiger partial charge in [0.2, 0.25) is 6.79 Å². The summed E-state index contributed by atoms with van der Waals surface area (Å²) in [6, 6.07) is 5.69. The molecule has 0 unspecified atom stereocenters. The van der Waals surface area contributed by atoms with E-state index in [4.69, 9.17) is 9.47 Å². The van der Waals surface area contributed by atoms with Gasteiger partial charge in [-0.05, 0) is 37.5 Å². The molecule has 6 heteroatoms. The Kier molecular flexibility index (Phi) is 3.44. The first-order valence-corrected chi connectivity index (χ1v) is 7.91. The second kappa shape index (κ2) is 5.61. The van der Waals surface area contributed by atoms with E-state index >= 15 is 0 Å². The molecule has 0 N–H and O–H groups in total. The van der Waals surface area contributed by atoms with Crippen LogP contribution in [0.15, 0.2) is 30.6 Å². The highest BCUT2D eigenvalue weighted by molar-refractivity contribution is 5.98. The molecule has 1 aromatic carbocycles. The Morgan fingerprint density at radius 2 is 2.26 bits per heavy atom. The molecule has 2 aliphatic rings. The average Bonchev–Trinajstić information content (AvgIpc) is 3.22. The number of benzene rings is 1. The van der Waals surface area contributed by atoms with Crippen molar-refractivity contribution >= 4 is 5.91 Å². The van der Waals surface area contributed by atoms with Crippen LogP contribution < -0.4 is 9.47 Å². The molecule has 0 radical (unpaired) electrons. The van der Waals surface area contributed by atoms with Crippen molar-refractivity contribution in [2.24, 2.45) is 0 Å². The summed E-state index contributed by atoms with van der Waals surface area (Å²) in [4.78, 5) is 14.8. The molecule has 2 aliphatic heterocycles. The number of hydrogen-bond acceptors (Lipinski definition) is 4. The minimum absolute atomic E-state index is 0.000859. The lowest BCUT2D eigenvalue weighted by molar-refractivity contribution is 0.0668. The van der Waals surface area contributed by atoms with Crippen LogP contribution in [-0.2, 0) is 0 Å². The van der Waals surface area contributed by atoms with E-state index in [1.807, 2.05) is 41.0 Å². The quantitative estimate of drug-likeness (QED) is 0.854. The lowest BCUT2D eigenvalue weighted by Gasteiger charge is -2.33. The van der Waals surface area contributed by atoms with Gasteiger partial charge in [0.05, 0.1) is 17.8 Å². The Morgan fingerprint density at radius 3 is 3.09 bits per heavy atom. The molecule has 1 fully saturated rings. The maximum absolute atomic E-state index is 12.9. The zero-order chi connectivity index (χ0) is 15.8. The molecular formula is C17H19N3O3. The molecule has 3 heterocycles. The molecule has 6 nitrogen and oxygen atoms in total. The largest absolute Gasteiger partial charge is 0.454 e. The van der Waals surface area contributed by atoms with Gasteiger partial charge >= 0.3 is 0 Å². The number of hydrogen-bond donors (Lipinski definition) is 0. The van der Waals surface area contributed by atoms with Gasteiger partial charge in [0.1, 0.15) is 0 Å². The highest BCUT2D eigenvalue weighted by atomic mass is 16.7. The van der Waals surface area contributed by atoms with Crippen LogP contribution >= 0.6 is 0 Å². The van der Waals surface area contributed by atoms with Gasteiger partial charge in [-0.15, -0.1) is 0 Å². The molecule has 23 heavy (non-hydrogen) atoms. The molecule has 4 rings (SSSR count). The molecule has 0 aliphatic carbocycles. The number of aryl methyl sites for hydroxylation is 1. The van der Waals surface area contributed by atoms with E-state index < -0.39 is 0 Å². The third kappa shape index (κ3) is 2.54. The van der Waals surface area contributed by atoms with E-state index in [1.54, 1.807) is 6.07 Å². The summed E-state index contributed by atoms with van der Waals surface area (Å²) in [5.74, 6) is 1.21. The summed E-state index contributed by atoms with van der Waals surface area (Å²) in [6.07, 6.45) is 5.91. The predicted molar refractivity (Wildman–Crippen MR) is 83.7 cm³/mol. The topological polar surface area (TPSA) is 56.6 Å². The van der Waals surface area contributed by atoms with Crippen LogP contribution in [0.2, 0.25) is 0 Å². The van der Waals surface area contributed by atoms with Crippen molar-refractivity contribution in [1.82, 2.24) is 14.7 Å². The fourth-order valence-corrected chi connectivity index (χ4v) is 3.26. The Balaban J connectivity index is 1.56. The van der Waals surface area contributed by atoms with E-state index in [-0.39, 0.29) is 18.7 Å². The van der Waals surface area contributed by atoms with Gasteiger partial charge in [0, 0.05) is 19.3 Å². The summed E-state index contributed by atoms with van der Waals surface area (Å²) < 4.78 is 12.8. The molecule has 0 bridgehead atoms. The number of amides is 1. The third-order valence-corrected chi connectivity index (χ3v) is 4.42. The van der Waals surface area contributed by atoms with Gasteiger partial charge in [0.15, 0.2) is 11.5 Å². The minimum atomic E-state index is 0.000859. The number of nitrogens with zero attached hydrogens (tertiary/aromatic N) is 3. The molecule has 1 amide bonds. The summed E-state index contributed by atoms with van der Waals surface area (Å²) in [7, 11) is 0. The number of aromatic nitrogens is 2. The molecular weight excluding hydrogens is 294 g/mol. The molecule has 1 saturated heterocycles. The number of para-hydroxylation sites is 1. The monoisotopic (exact) mass is 313 g/mol. The SMILES string of the molecule is Cc1cnn([C@@H]2CCCN(C(=O)c3cccc4c3OCO4)C2)c1. The van der Waals surface area contributed by atoms with Crippen molar-refractivity contribution in [3.8, 4) is 11.5 Å². The Morgan fingerprint density at radius 1 is 1.35 bits per heavy atom. The maximum atomic E-state index is 12.9. The summed E-state index contributed by atoms with van der Waals surface area (Å²) in [5, 5.41) is 4.40. The number of carbonyl (C=O) groups excluding carboxylic acids is 1. The van der Waals surface area contributed by atoms with Gasteiger partial charge in [-0.25, -0.2) is 0 Å². The fraction of sp³-hybridized carbons (Fsp3) is 0.412. The zero-order valence-electron chi connectivity index (χ0n) is 13.1. The van der Waals surface area contributed by atoms with Gasteiger partial charge < -0.3 is 14.4 Å². The molecule has 1 atom stereocenters. The van der Waals surface area contributed by atoms with Gasteiger partial charge in [-0.2, -0.15) is 5.10 Å². The number of ether oxygens (including phenoxy) is 2. The van der Waals surface area contributed by atoms with E-state index in [2.05, 4.69) is 5.10 Å². The Hall–Kier alpha value is -2.50.